The first-order valence-electron chi connectivity index (χ1n) is 7.39. The van der Waals surface area contributed by atoms with E-state index >= 15 is 0 Å². The fourth-order valence-corrected chi connectivity index (χ4v) is 3.38. The molecule has 1 aliphatic heterocycles. The van der Waals surface area contributed by atoms with Gasteiger partial charge in [0, 0.05) is 42.8 Å². The van der Waals surface area contributed by atoms with Crippen molar-refractivity contribution in [2.24, 2.45) is 5.92 Å². The third-order valence-electron chi connectivity index (χ3n) is 4.33. The molecule has 0 bridgehead atoms. The molecule has 1 saturated carbocycles. The summed E-state index contributed by atoms with van der Waals surface area (Å²) < 4.78 is 0.997. The predicted molar refractivity (Wildman–Crippen MR) is 82.7 cm³/mol. The van der Waals surface area contributed by atoms with E-state index < -0.39 is 0 Å². The highest BCUT2D eigenvalue weighted by Gasteiger charge is 2.29. The molecule has 3 rings (SSSR count). The van der Waals surface area contributed by atoms with E-state index in [1.54, 1.807) is 0 Å². The van der Waals surface area contributed by atoms with Crippen molar-refractivity contribution in [1.82, 2.24) is 9.88 Å². The van der Waals surface area contributed by atoms with E-state index in [9.17, 15) is 4.79 Å². The van der Waals surface area contributed by atoms with Crippen LogP contribution in [0, 0.1) is 5.92 Å². The highest BCUT2D eigenvalue weighted by molar-refractivity contribution is 9.10. The lowest BCUT2D eigenvalue weighted by molar-refractivity contribution is -0.135. The number of pyridine rings is 1. The molecule has 2 heterocycles. The monoisotopic (exact) mass is 337 g/mol. The fraction of sp³-hybridized carbons (Fsp3) is 0.600. The van der Waals surface area contributed by atoms with Gasteiger partial charge in [0.2, 0.25) is 5.91 Å². The molecule has 0 radical (unpaired) electrons. The number of hydrogen-bond donors (Lipinski definition) is 0. The number of amides is 1. The van der Waals surface area contributed by atoms with Gasteiger partial charge in [-0.3, -0.25) is 4.79 Å². The molecule has 0 spiro atoms. The summed E-state index contributed by atoms with van der Waals surface area (Å²) in [5, 5.41) is 0. The Hall–Kier alpha value is -1.10. The number of rotatable bonds is 2. The van der Waals surface area contributed by atoms with Crippen LogP contribution in [0.25, 0.3) is 0 Å². The zero-order valence-corrected chi connectivity index (χ0v) is 13.2. The zero-order chi connectivity index (χ0) is 13.9. The number of aromatic nitrogens is 1. The Kier molecular flexibility index (Phi) is 4.24. The average Bonchev–Trinajstić information content (AvgIpc) is 3.02. The molecule has 4 nitrogen and oxygen atoms in total. The van der Waals surface area contributed by atoms with Crippen molar-refractivity contribution < 1.29 is 4.79 Å². The van der Waals surface area contributed by atoms with Crippen LogP contribution in [-0.4, -0.2) is 42.0 Å². The first kappa shape index (κ1) is 13.9. The Labute approximate surface area is 128 Å². The lowest BCUT2D eigenvalue weighted by Gasteiger charge is -2.36. The first-order chi connectivity index (χ1) is 9.74. The minimum Gasteiger partial charge on any atom is -0.353 e. The van der Waals surface area contributed by atoms with Gasteiger partial charge in [-0.15, -0.1) is 0 Å². The van der Waals surface area contributed by atoms with Crippen LogP contribution in [0.2, 0.25) is 0 Å². The third kappa shape index (κ3) is 2.97. The highest BCUT2D eigenvalue weighted by Crippen LogP contribution is 2.27. The number of halogens is 1. The third-order valence-corrected chi connectivity index (χ3v) is 4.80. The lowest BCUT2D eigenvalue weighted by atomic mass is 10.1. The summed E-state index contributed by atoms with van der Waals surface area (Å²) in [6.07, 6.45) is 6.45. The van der Waals surface area contributed by atoms with Crippen LogP contribution >= 0.6 is 15.9 Å². The minimum atomic E-state index is 0.298. The van der Waals surface area contributed by atoms with Gasteiger partial charge >= 0.3 is 0 Å². The van der Waals surface area contributed by atoms with E-state index in [1.165, 1.54) is 12.8 Å². The number of anilines is 1. The quantitative estimate of drug-likeness (QED) is 0.832. The van der Waals surface area contributed by atoms with Gasteiger partial charge in [-0.2, -0.15) is 0 Å². The molecule has 0 aromatic carbocycles. The van der Waals surface area contributed by atoms with Crippen LogP contribution in [0.5, 0.6) is 0 Å². The number of nitrogens with zero attached hydrogens (tertiary/aromatic N) is 3. The smallest absolute Gasteiger partial charge is 0.225 e. The molecule has 0 N–H and O–H groups in total. The average molecular weight is 338 g/mol. The summed E-state index contributed by atoms with van der Waals surface area (Å²) in [6, 6.07) is 4.04. The maximum absolute atomic E-state index is 12.4. The summed E-state index contributed by atoms with van der Waals surface area (Å²) in [6.45, 7) is 3.42. The van der Waals surface area contributed by atoms with Crippen molar-refractivity contribution >= 4 is 27.7 Å². The number of piperazine rings is 1. The zero-order valence-electron chi connectivity index (χ0n) is 11.6. The lowest BCUT2D eigenvalue weighted by Crippen LogP contribution is -2.50. The molecule has 2 fully saturated rings. The van der Waals surface area contributed by atoms with Crippen LogP contribution in [-0.2, 0) is 4.79 Å². The van der Waals surface area contributed by atoms with Crippen molar-refractivity contribution in [2.45, 2.75) is 25.7 Å². The molecule has 20 heavy (non-hydrogen) atoms. The summed E-state index contributed by atoms with van der Waals surface area (Å²) in [4.78, 5) is 21.1. The topological polar surface area (TPSA) is 36.4 Å². The Morgan fingerprint density at radius 2 is 1.85 bits per heavy atom. The van der Waals surface area contributed by atoms with Crippen LogP contribution in [0.4, 0.5) is 5.82 Å². The van der Waals surface area contributed by atoms with Gasteiger partial charge < -0.3 is 9.80 Å². The van der Waals surface area contributed by atoms with Crippen molar-refractivity contribution in [2.75, 3.05) is 31.1 Å². The number of hydrogen-bond acceptors (Lipinski definition) is 3. The molecule has 5 heteroatoms. The SMILES string of the molecule is O=C(C1CCCC1)N1CCN(c2ccc(Br)cn2)CC1. The van der Waals surface area contributed by atoms with Gasteiger partial charge in [0.25, 0.3) is 0 Å². The van der Waals surface area contributed by atoms with Crippen LogP contribution in [0.3, 0.4) is 0 Å². The maximum atomic E-state index is 12.4. The molecule has 0 unspecified atom stereocenters. The van der Waals surface area contributed by atoms with Gasteiger partial charge in [-0.1, -0.05) is 12.8 Å². The van der Waals surface area contributed by atoms with Crippen LogP contribution < -0.4 is 4.90 Å². The van der Waals surface area contributed by atoms with Gasteiger partial charge in [0.15, 0.2) is 0 Å². The van der Waals surface area contributed by atoms with Crippen LogP contribution in [0.1, 0.15) is 25.7 Å². The van der Waals surface area contributed by atoms with Gasteiger partial charge in [0.1, 0.15) is 5.82 Å². The first-order valence-corrected chi connectivity index (χ1v) is 8.18. The Morgan fingerprint density at radius 1 is 1.15 bits per heavy atom. The molecular weight excluding hydrogens is 318 g/mol. The normalized spacial score (nSPS) is 20.4. The largest absolute Gasteiger partial charge is 0.353 e. The Bertz CT molecular complexity index is 463. The van der Waals surface area contributed by atoms with E-state index in [2.05, 4.69) is 25.8 Å². The summed E-state index contributed by atoms with van der Waals surface area (Å²) in [5.41, 5.74) is 0. The second-order valence-corrected chi connectivity index (χ2v) is 6.54. The van der Waals surface area contributed by atoms with Crippen molar-refractivity contribution in [3.8, 4) is 0 Å². The van der Waals surface area contributed by atoms with Crippen molar-refractivity contribution in [3.63, 3.8) is 0 Å². The van der Waals surface area contributed by atoms with Gasteiger partial charge in [0.05, 0.1) is 0 Å². The van der Waals surface area contributed by atoms with E-state index in [-0.39, 0.29) is 0 Å². The van der Waals surface area contributed by atoms with E-state index in [4.69, 9.17) is 0 Å². The number of carbonyl (C=O) groups is 1. The summed E-state index contributed by atoms with van der Waals surface area (Å²) in [5.74, 6) is 1.68. The second kappa shape index (κ2) is 6.12. The molecule has 0 atom stereocenters. The van der Waals surface area contributed by atoms with Gasteiger partial charge in [-0.05, 0) is 40.9 Å². The molecule has 1 aromatic heterocycles. The van der Waals surface area contributed by atoms with E-state index in [0.717, 1.165) is 49.3 Å². The summed E-state index contributed by atoms with van der Waals surface area (Å²) in [7, 11) is 0. The highest BCUT2D eigenvalue weighted by atomic mass is 79.9. The molecule has 108 valence electrons. The van der Waals surface area contributed by atoms with Crippen molar-refractivity contribution in [3.05, 3.63) is 22.8 Å². The molecular formula is C15H20BrN3O. The molecule has 1 amide bonds. The summed E-state index contributed by atoms with van der Waals surface area (Å²) >= 11 is 3.40. The Morgan fingerprint density at radius 3 is 2.45 bits per heavy atom. The molecule has 1 aliphatic carbocycles. The molecule has 1 saturated heterocycles. The van der Waals surface area contributed by atoms with E-state index in [1.807, 2.05) is 23.2 Å². The van der Waals surface area contributed by atoms with Crippen molar-refractivity contribution in [1.29, 1.82) is 0 Å². The maximum Gasteiger partial charge on any atom is 0.225 e. The van der Waals surface area contributed by atoms with Crippen LogP contribution in [0.15, 0.2) is 22.8 Å². The fourth-order valence-electron chi connectivity index (χ4n) is 3.14. The minimum absolute atomic E-state index is 0.298. The molecule has 1 aromatic rings. The Balaban J connectivity index is 1.56. The standard InChI is InChI=1S/C15H20BrN3O/c16-13-5-6-14(17-11-13)18-7-9-19(10-8-18)15(20)12-3-1-2-4-12/h5-6,11-12H,1-4,7-10H2. The predicted octanol–water partition coefficient (Wildman–Crippen LogP) is 2.68. The molecule has 2 aliphatic rings. The van der Waals surface area contributed by atoms with Gasteiger partial charge in [-0.25, -0.2) is 4.98 Å². The number of carbonyl (C=O) groups excluding carboxylic acids is 1. The second-order valence-electron chi connectivity index (χ2n) is 5.63. The van der Waals surface area contributed by atoms with E-state index in [0.29, 0.717) is 11.8 Å².